The van der Waals surface area contributed by atoms with Gasteiger partial charge in [0, 0.05) is 25.1 Å². The number of nitro groups is 1. The van der Waals surface area contributed by atoms with E-state index in [4.69, 9.17) is 4.74 Å². The molecular formula is C17H24N4O5. The lowest BCUT2D eigenvalue weighted by molar-refractivity contribution is -0.385. The summed E-state index contributed by atoms with van der Waals surface area (Å²) in [5.41, 5.74) is -0.216. The molecule has 1 aromatic rings. The zero-order valence-corrected chi connectivity index (χ0v) is 15.4. The average molecular weight is 364 g/mol. The number of carbonyl (C=O) groups is 2. The first-order valence-electron chi connectivity index (χ1n) is 8.47. The van der Waals surface area contributed by atoms with Gasteiger partial charge < -0.3 is 15.0 Å². The Morgan fingerprint density at radius 1 is 1.46 bits per heavy atom. The molecule has 0 saturated carbocycles. The van der Waals surface area contributed by atoms with Crippen molar-refractivity contribution in [1.29, 1.82) is 0 Å². The first kappa shape index (κ1) is 19.6. The third-order valence-corrected chi connectivity index (χ3v) is 3.97. The van der Waals surface area contributed by atoms with E-state index >= 15 is 0 Å². The number of amides is 2. The van der Waals surface area contributed by atoms with Gasteiger partial charge in [0.15, 0.2) is 0 Å². The summed E-state index contributed by atoms with van der Waals surface area (Å²) in [6.45, 7) is 7.45. The maximum Gasteiger partial charge on any atom is 0.410 e. The Morgan fingerprint density at radius 2 is 2.15 bits per heavy atom. The molecule has 0 aliphatic carbocycles. The van der Waals surface area contributed by atoms with Crippen LogP contribution >= 0.6 is 0 Å². The van der Waals surface area contributed by atoms with Crippen LogP contribution in [0.3, 0.4) is 0 Å². The van der Waals surface area contributed by atoms with E-state index in [1.807, 2.05) is 0 Å². The first-order chi connectivity index (χ1) is 12.1. The molecule has 2 heterocycles. The quantitative estimate of drug-likeness (QED) is 0.649. The molecule has 1 saturated heterocycles. The molecule has 1 fully saturated rings. The van der Waals surface area contributed by atoms with Crippen molar-refractivity contribution in [2.75, 3.05) is 11.9 Å². The average Bonchev–Trinajstić information content (AvgIpc) is 2.95. The second-order valence-electron chi connectivity index (χ2n) is 7.31. The third-order valence-electron chi connectivity index (χ3n) is 3.97. The van der Waals surface area contributed by atoms with Gasteiger partial charge in [-0.25, -0.2) is 4.79 Å². The van der Waals surface area contributed by atoms with Crippen molar-refractivity contribution in [3.8, 4) is 0 Å². The molecule has 2 amide bonds. The van der Waals surface area contributed by atoms with Crippen LogP contribution in [0.4, 0.5) is 16.2 Å². The van der Waals surface area contributed by atoms with E-state index in [1.165, 1.54) is 19.2 Å². The first-order valence-corrected chi connectivity index (χ1v) is 8.47. The number of pyridine rings is 1. The van der Waals surface area contributed by atoms with Gasteiger partial charge in [0.25, 0.3) is 5.69 Å². The smallest absolute Gasteiger partial charge is 0.410 e. The molecule has 1 atom stereocenters. The molecule has 0 bridgehead atoms. The lowest BCUT2D eigenvalue weighted by atomic mass is 10.1. The highest BCUT2D eigenvalue weighted by Crippen LogP contribution is 2.24. The second kappa shape index (κ2) is 7.67. The normalized spacial score (nSPS) is 17.1. The van der Waals surface area contributed by atoms with E-state index in [0.717, 1.165) is 6.42 Å². The summed E-state index contributed by atoms with van der Waals surface area (Å²) >= 11 is 0. The maximum atomic E-state index is 12.3. The Morgan fingerprint density at radius 3 is 2.77 bits per heavy atom. The molecule has 1 aliphatic rings. The van der Waals surface area contributed by atoms with E-state index in [2.05, 4.69) is 10.3 Å². The van der Waals surface area contributed by atoms with Crippen LogP contribution < -0.4 is 5.32 Å². The van der Waals surface area contributed by atoms with Crippen molar-refractivity contribution < 1.29 is 19.2 Å². The zero-order valence-electron chi connectivity index (χ0n) is 15.4. The van der Waals surface area contributed by atoms with Crippen molar-refractivity contribution in [3.05, 3.63) is 28.1 Å². The number of likely N-dealkylation sites (tertiary alicyclic amines) is 1. The van der Waals surface area contributed by atoms with Crippen molar-refractivity contribution in [3.63, 3.8) is 0 Å². The molecule has 1 N–H and O–H groups in total. The van der Waals surface area contributed by atoms with Crippen LogP contribution in [0.2, 0.25) is 0 Å². The standard InChI is InChI=1S/C17H24N4O5/c1-11-14(21(24)25)8-12(10-18-11)19-15(22)9-13-6-5-7-20(13)16(23)26-17(2,3)4/h8,10,13H,5-7,9H2,1-4H3,(H,19,22)/t13-/m0/s1. The molecule has 0 radical (unpaired) electrons. The van der Waals surface area contributed by atoms with E-state index in [9.17, 15) is 19.7 Å². The summed E-state index contributed by atoms with van der Waals surface area (Å²) in [6.07, 6.45) is 2.55. The van der Waals surface area contributed by atoms with Crippen LogP contribution in [0.25, 0.3) is 0 Å². The number of rotatable bonds is 4. The Balaban J connectivity index is 2.00. The summed E-state index contributed by atoms with van der Waals surface area (Å²) in [5.74, 6) is -0.328. The van der Waals surface area contributed by atoms with Gasteiger partial charge in [0.05, 0.1) is 16.8 Å². The van der Waals surface area contributed by atoms with E-state index in [1.54, 1.807) is 25.7 Å². The molecule has 0 aromatic carbocycles. The Labute approximate surface area is 151 Å². The molecule has 1 aromatic heterocycles. The van der Waals surface area contributed by atoms with Gasteiger partial charge in [-0.1, -0.05) is 0 Å². The lowest BCUT2D eigenvalue weighted by Gasteiger charge is -2.28. The Bertz CT molecular complexity index is 714. The molecule has 142 valence electrons. The van der Waals surface area contributed by atoms with Crippen molar-refractivity contribution >= 4 is 23.4 Å². The minimum atomic E-state index is -0.598. The number of aryl methyl sites for hydroxylation is 1. The van der Waals surface area contributed by atoms with E-state index in [-0.39, 0.29) is 35.4 Å². The van der Waals surface area contributed by atoms with Crippen LogP contribution in [-0.4, -0.2) is 45.0 Å². The lowest BCUT2D eigenvalue weighted by Crippen LogP contribution is -2.41. The minimum absolute atomic E-state index is 0.0981. The maximum absolute atomic E-state index is 12.3. The fraction of sp³-hybridized carbons (Fsp3) is 0.588. The molecule has 26 heavy (non-hydrogen) atoms. The predicted molar refractivity (Wildman–Crippen MR) is 94.8 cm³/mol. The van der Waals surface area contributed by atoms with Gasteiger partial charge in [0.2, 0.25) is 5.91 Å². The highest BCUT2D eigenvalue weighted by Gasteiger charge is 2.33. The summed E-state index contributed by atoms with van der Waals surface area (Å²) in [6, 6.07) is 1.03. The zero-order chi connectivity index (χ0) is 19.5. The molecule has 2 rings (SSSR count). The highest BCUT2D eigenvalue weighted by atomic mass is 16.6. The number of ether oxygens (including phenoxy) is 1. The van der Waals surface area contributed by atoms with Gasteiger partial charge in [0.1, 0.15) is 11.3 Å². The van der Waals surface area contributed by atoms with Gasteiger partial charge in [-0.2, -0.15) is 0 Å². The number of carbonyl (C=O) groups excluding carboxylic acids is 2. The summed E-state index contributed by atoms with van der Waals surface area (Å²) < 4.78 is 5.38. The number of hydrogen-bond acceptors (Lipinski definition) is 6. The van der Waals surface area contributed by atoms with Crippen molar-refractivity contribution in [2.45, 2.75) is 58.6 Å². The molecule has 0 spiro atoms. The molecular weight excluding hydrogens is 340 g/mol. The molecule has 1 aliphatic heterocycles. The van der Waals surface area contributed by atoms with Crippen LogP contribution in [0, 0.1) is 17.0 Å². The highest BCUT2D eigenvalue weighted by molar-refractivity contribution is 5.91. The molecule has 9 nitrogen and oxygen atoms in total. The largest absolute Gasteiger partial charge is 0.444 e. The fourth-order valence-electron chi connectivity index (χ4n) is 2.81. The Hall–Kier alpha value is -2.71. The summed E-state index contributed by atoms with van der Waals surface area (Å²) in [5, 5.41) is 13.6. The van der Waals surface area contributed by atoms with Gasteiger partial charge >= 0.3 is 6.09 Å². The molecule has 9 heteroatoms. The monoisotopic (exact) mass is 364 g/mol. The van der Waals surface area contributed by atoms with Gasteiger partial charge in [-0.3, -0.25) is 19.9 Å². The summed E-state index contributed by atoms with van der Waals surface area (Å²) in [7, 11) is 0. The van der Waals surface area contributed by atoms with Crippen LogP contribution in [0.5, 0.6) is 0 Å². The van der Waals surface area contributed by atoms with E-state index in [0.29, 0.717) is 13.0 Å². The number of anilines is 1. The van der Waals surface area contributed by atoms with Gasteiger partial charge in [-0.05, 0) is 40.5 Å². The van der Waals surface area contributed by atoms with Crippen LogP contribution in [0.1, 0.15) is 45.7 Å². The SMILES string of the molecule is Cc1ncc(NC(=O)C[C@@H]2CCCN2C(=O)OC(C)(C)C)cc1[N+](=O)[O-]. The van der Waals surface area contributed by atoms with Gasteiger partial charge in [-0.15, -0.1) is 0 Å². The van der Waals surface area contributed by atoms with E-state index < -0.39 is 16.6 Å². The topological polar surface area (TPSA) is 115 Å². The fourth-order valence-corrected chi connectivity index (χ4v) is 2.81. The molecule has 0 unspecified atom stereocenters. The number of nitrogens with one attached hydrogen (secondary N) is 1. The third kappa shape index (κ3) is 5.14. The predicted octanol–water partition coefficient (Wildman–Crippen LogP) is 3.03. The minimum Gasteiger partial charge on any atom is -0.444 e. The number of nitrogens with zero attached hydrogens (tertiary/aromatic N) is 3. The number of hydrogen-bond donors (Lipinski definition) is 1. The Kier molecular flexibility index (Phi) is 5.79. The van der Waals surface area contributed by atoms with Crippen molar-refractivity contribution in [2.24, 2.45) is 0 Å². The van der Waals surface area contributed by atoms with Crippen LogP contribution in [-0.2, 0) is 9.53 Å². The van der Waals surface area contributed by atoms with Crippen molar-refractivity contribution in [1.82, 2.24) is 9.88 Å². The van der Waals surface area contributed by atoms with Crippen LogP contribution in [0.15, 0.2) is 12.3 Å². The second-order valence-corrected chi connectivity index (χ2v) is 7.31. The summed E-state index contributed by atoms with van der Waals surface area (Å²) in [4.78, 5) is 40.5. The number of aromatic nitrogens is 1.